The van der Waals surface area contributed by atoms with Gasteiger partial charge in [0.1, 0.15) is 12.4 Å². The zero-order chi connectivity index (χ0) is 22.1. The molecule has 0 aromatic heterocycles. The third-order valence-corrected chi connectivity index (χ3v) is 4.50. The molecule has 6 nitrogen and oxygen atoms in total. The minimum absolute atomic E-state index is 0.0505. The molecule has 0 unspecified atom stereocenters. The summed E-state index contributed by atoms with van der Waals surface area (Å²) in [6, 6.07) is 22.7. The summed E-state index contributed by atoms with van der Waals surface area (Å²) in [4.78, 5) is 35.8. The van der Waals surface area contributed by atoms with Crippen molar-refractivity contribution >= 4 is 23.3 Å². The molecule has 31 heavy (non-hydrogen) atoms. The van der Waals surface area contributed by atoms with Gasteiger partial charge in [0.25, 0.3) is 5.91 Å². The van der Waals surface area contributed by atoms with Gasteiger partial charge in [-0.25, -0.2) is 4.79 Å². The number of ketones is 1. The van der Waals surface area contributed by atoms with Crippen molar-refractivity contribution in [1.82, 2.24) is 0 Å². The maximum absolute atomic E-state index is 12.3. The molecule has 0 saturated heterocycles. The van der Waals surface area contributed by atoms with Crippen LogP contribution in [0.3, 0.4) is 0 Å². The van der Waals surface area contributed by atoms with Crippen LogP contribution in [0.4, 0.5) is 5.69 Å². The minimum atomic E-state index is -0.514. The van der Waals surface area contributed by atoms with Gasteiger partial charge in [-0.15, -0.1) is 0 Å². The fraction of sp³-hybridized carbons (Fsp3) is 0.160. The first-order chi connectivity index (χ1) is 15.0. The Morgan fingerprint density at radius 3 is 2.10 bits per heavy atom. The molecule has 0 radical (unpaired) electrons. The molecule has 3 aromatic carbocycles. The van der Waals surface area contributed by atoms with Crippen LogP contribution in [0.1, 0.15) is 39.6 Å². The SMILES string of the molecule is CCC(=O)c1ccc(OCC(=O)OCc2ccc(C(=O)Nc3ccccc3)cc2)cc1. The van der Waals surface area contributed by atoms with Crippen LogP contribution in [0.25, 0.3) is 0 Å². The van der Waals surface area contributed by atoms with Crippen molar-refractivity contribution in [3.05, 3.63) is 95.6 Å². The number of carbonyl (C=O) groups excluding carboxylic acids is 3. The van der Waals surface area contributed by atoms with Crippen molar-refractivity contribution in [2.45, 2.75) is 20.0 Å². The number of carbonyl (C=O) groups is 3. The molecule has 3 aromatic rings. The molecule has 1 amide bonds. The number of anilines is 1. The molecule has 6 heteroatoms. The molecule has 0 spiro atoms. The van der Waals surface area contributed by atoms with Crippen LogP contribution < -0.4 is 10.1 Å². The molecule has 0 atom stereocenters. The Labute approximate surface area is 180 Å². The summed E-state index contributed by atoms with van der Waals surface area (Å²) < 4.78 is 10.6. The first-order valence-electron chi connectivity index (χ1n) is 9.92. The number of amides is 1. The fourth-order valence-electron chi connectivity index (χ4n) is 2.77. The van der Waals surface area contributed by atoms with E-state index in [1.54, 1.807) is 55.5 Å². The molecule has 0 saturated carbocycles. The highest BCUT2D eigenvalue weighted by Gasteiger charge is 2.09. The van der Waals surface area contributed by atoms with Crippen molar-refractivity contribution in [2.24, 2.45) is 0 Å². The molecule has 0 bridgehead atoms. The van der Waals surface area contributed by atoms with E-state index >= 15 is 0 Å². The van der Waals surface area contributed by atoms with Gasteiger partial charge in [0.05, 0.1) is 0 Å². The van der Waals surface area contributed by atoms with Gasteiger partial charge < -0.3 is 14.8 Å². The molecular weight excluding hydrogens is 394 g/mol. The molecule has 0 aliphatic carbocycles. The van der Waals surface area contributed by atoms with Crippen LogP contribution in [-0.4, -0.2) is 24.3 Å². The Kier molecular flexibility index (Phi) is 7.54. The zero-order valence-corrected chi connectivity index (χ0v) is 17.2. The summed E-state index contributed by atoms with van der Waals surface area (Å²) in [5.41, 5.74) is 2.59. The van der Waals surface area contributed by atoms with E-state index in [4.69, 9.17) is 9.47 Å². The van der Waals surface area contributed by atoms with Gasteiger partial charge in [-0.1, -0.05) is 37.3 Å². The Hall–Kier alpha value is -3.93. The second-order valence-electron chi connectivity index (χ2n) is 6.77. The minimum Gasteiger partial charge on any atom is -0.482 e. The first kappa shape index (κ1) is 21.8. The average Bonchev–Trinajstić information content (AvgIpc) is 2.82. The largest absolute Gasteiger partial charge is 0.482 e. The normalized spacial score (nSPS) is 10.2. The maximum atomic E-state index is 12.3. The Balaban J connectivity index is 1.43. The van der Waals surface area contributed by atoms with E-state index in [-0.39, 0.29) is 24.9 Å². The van der Waals surface area contributed by atoms with Crippen LogP contribution in [0.5, 0.6) is 5.75 Å². The quantitative estimate of drug-likeness (QED) is 0.405. The second kappa shape index (κ2) is 10.7. The van der Waals surface area contributed by atoms with E-state index in [9.17, 15) is 14.4 Å². The summed E-state index contributed by atoms with van der Waals surface area (Å²) in [5.74, 6) is -0.192. The van der Waals surface area contributed by atoms with E-state index in [1.165, 1.54) is 0 Å². The molecule has 3 rings (SSSR count). The number of esters is 1. The molecular formula is C25H23NO5. The molecule has 158 valence electrons. The third kappa shape index (κ3) is 6.54. The fourth-order valence-corrected chi connectivity index (χ4v) is 2.77. The second-order valence-corrected chi connectivity index (χ2v) is 6.77. The number of Topliss-reactive ketones (excluding diaryl/α,β-unsaturated/α-hetero) is 1. The summed E-state index contributed by atoms with van der Waals surface area (Å²) in [7, 11) is 0. The highest BCUT2D eigenvalue weighted by Crippen LogP contribution is 2.14. The average molecular weight is 417 g/mol. The van der Waals surface area contributed by atoms with Crippen LogP contribution in [-0.2, 0) is 16.1 Å². The number of para-hydroxylation sites is 1. The van der Waals surface area contributed by atoms with Gasteiger partial charge in [-0.3, -0.25) is 9.59 Å². The predicted molar refractivity (Wildman–Crippen MR) is 117 cm³/mol. The predicted octanol–water partition coefficient (Wildman–Crippen LogP) is 4.65. The lowest BCUT2D eigenvalue weighted by atomic mass is 10.1. The zero-order valence-electron chi connectivity index (χ0n) is 17.2. The smallest absolute Gasteiger partial charge is 0.344 e. The van der Waals surface area contributed by atoms with Crippen molar-refractivity contribution in [3.63, 3.8) is 0 Å². The van der Waals surface area contributed by atoms with Crippen LogP contribution >= 0.6 is 0 Å². The van der Waals surface area contributed by atoms with Crippen molar-refractivity contribution < 1.29 is 23.9 Å². The van der Waals surface area contributed by atoms with E-state index in [0.29, 0.717) is 23.3 Å². The highest BCUT2D eigenvalue weighted by molar-refractivity contribution is 6.04. The molecule has 0 heterocycles. The molecule has 0 fully saturated rings. The topological polar surface area (TPSA) is 81.7 Å². The summed E-state index contributed by atoms with van der Waals surface area (Å²) >= 11 is 0. The first-order valence-corrected chi connectivity index (χ1v) is 9.92. The number of nitrogens with one attached hydrogen (secondary N) is 1. The summed E-state index contributed by atoms with van der Waals surface area (Å²) in [6.07, 6.45) is 0.436. The Bertz CT molecular complexity index is 1030. The molecule has 0 aliphatic heterocycles. The van der Waals surface area contributed by atoms with Crippen molar-refractivity contribution in [1.29, 1.82) is 0 Å². The lowest BCUT2D eigenvalue weighted by Crippen LogP contribution is -2.15. The monoisotopic (exact) mass is 417 g/mol. The lowest BCUT2D eigenvalue weighted by Gasteiger charge is -2.09. The van der Waals surface area contributed by atoms with Crippen LogP contribution in [0.2, 0.25) is 0 Å². The maximum Gasteiger partial charge on any atom is 0.344 e. The van der Waals surface area contributed by atoms with E-state index in [1.807, 2.05) is 30.3 Å². The van der Waals surface area contributed by atoms with E-state index in [2.05, 4.69) is 5.32 Å². The van der Waals surface area contributed by atoms with Gasteiger partial charge in [-0.2, -0.15) is 0 Å². The third-order valence-electron chi connectivity index (χ3n) is 4.50. The van der Waals surface area contributed by atoms with Crippen molar-refractivity contribution in [2.75, 3.05) is 11.9 Å². The Morgan fingerprint density at radius 2 is 1.45 bits per heavy atom. The van der Waals surface area contributed by atoms with Crippen LogP contribution in [0.15, 0.2) is 78.9 Å². The van der Waals surface area contributed by atoms with Gasteiger partial charge in [0.15, 0.2) is 12.4 Å². The van der Waals surface area contributed by atoms with Gasteiger partial charge >= 0.3 is 5.97 Å². The van der Waals surface area contributed by atoms with Crippen molar-refractivity contribution in [3.8, 4) is 5.75 Å². The summed E-state index contributed by atoms with van der Waals surface area (Å²) in [5, 5.41) is 2.81. The van der Waals surface area contributed by atoms with Gasteiger partial charge in [0, 0.05) is 23.2 Å². The summed E-state index contributed by atoms with van der Waals surface area (Å²) in [6.45, 7) is 1.64. The number of ether oxygens (including phenoxy) is 2. The number of benzene rings is 3. The van der Waals surface area contributed by atoms with E-state index in [0.717, 1.165) is 11.3 Å². The Morgan fingerprint density at radius 1 is 0.806 bits per heavy atom. The molecule has 0 aliphatic rings. The standard InChI is InChI=1S/C25H23NO5/c1-2-23(27)19-12-14-22(15-13-19)30-17-24(28)31-16-18-8-10-20(11-9-18)25(29)26-21-6-4-3-5-7-21/h3-15H,2,16-17H2,1H3,(H,26,29). The van der Waals surface area contributed by atoms with Gasteiger partial charge in [0.2, 0.25) is 0 Å². The van der Waals surface area contributed by atoms with Gasteiger partial charge in [-0.05, 0) is 54.1 Å². The lowest BCUT2D eigenvalue weighted by molar-refractivity contribution is -0.147. The number of hydrogen-bond acceptors (Lipinski definition) is 5. The van der Waals surface area contributed by atoms with Crippen LogP contribution in [0, 0.1) is 0 Å². The number of rotatable bonds is 9. The number of hydrogen-bond donors (Lipinski definition) is 1. The van der Waals surface area contributed by atoms with E-state index < -0.39 is 5.97 Å². The highest BCUT2D eigenvalue weighted by atomic mass is 16.6. The molecule has 1 N–H and O–H groups in total.